The molecule has 6 heteroatoms. The molecule has 70 valence electrons. The van der Waals surface area contributed by atoms with Crippen molar-refractivity contribution >= 4 is 18.1 Å². The van der Waals surface area contributed by atoms with Gasteiger partial charge in [-0.3, -0.25) is 15.2 Å². The van der Waals surface area contributed by atoms with Gasteiger partial charge in [-0.15, -0.1) is 0 Å². The number of H-pyrrole nitrogens is 1. The molecule has 13 heavy (non-hydrogen) atoms. The standard InChI is InChI=1S/C7H10N4O2/c1-2-8-7(13)10-6-5(4-12)3-9-11-6/h3-4H,2H2,1H3,(H3,8,9,10,11,13). The van der Waals surface area contributed by atoms with E-state index in [4.69, 9.17) is 0 Å². The van der Waals surface area contributed by atoms with Gasteiger partial charge in [0.05, 0.1) is 11.8 Å². The summed E-state index contributed by atoms with van der Waals surface area (Å²) in [5, 5.41) is 11.1. The van der Waals surface area contributed by atoms with Crippen LogP contribution in [0.25, 0.3) is 0 Å². The van der Waals surface area contributed by atoms with Crippen LogP contribution in [0.5, 0.6) is 0 Å². The molecular formula is C7H10N4O2. The Bertz CT molecular complexity index is 307. The van der Waals surface area contributed by atoms with Crippen molar-refractivity contribution < 1.29 is 9.59 Å². The van der Waals surface area contributed by atoms with Crippen molar-refractivity contribution in [2.45, 2.75) is 6.92 Å². The molecular weight excluding hydrogens is 172 g/mol. The van der Waals surface area contributed by atoms with E-state index in [1.54, 1.807) is 6.92 Å². The van der Waals surface area contributed by atoms with E-state index in [0.29, 0.717) is 24.2 Å². The first kappa shape index (κ1) is 9.24. The van der Waals surface area contributed by atoms with Crippen molar-refractivity contribution in [1.82, 2.24) is 15.5 Å². The number of hydrogen-bond donors (Lipinski definition) is 3. The minimum atomic E-state index is -0.366. The van der Waals surface area contributed by atoms with Crippen LogP contribution in [0.1, 0.15) is 17.3 Å². The summed E-state index contributed by atoms with van der Waals surface area (Å²) in [5.41, 5.74) is 0.325. The number of aromatic amines is 1. The zero-order chi connectivity index (χ0) is 9.68. The number of nitrogens with one attached hydrogen (secondary N) is 3. The second-order valence-corrected chi connectivity index (χ2v) is 2.30. The molecule has 0 aromatic carbocycles. The van der Waals surface area contributed by atoms with Gasteiger partial charge >= 0.3 is 6.03 Å². The van der Waals surface area contributed by atoms with E-state index < -0.39 is 0 Å². The van der Waals surface area contributed by atoms with Gasteiger partial charge in [0, 0.05) is 6.54 Å². The zero-order valence-electron chi connectivity index (χ0n) is 7.13. The molecule has 0 fully saturated rings. The van der Waals surface area contributed by atoms with E-state index in [-0.39, 0.29) is 6.03 Å². The third-order valence-corrected chi connectivity index (χ3v) is 1.37. The fourth-order valence-corrected chi connectivity index (χ4v) is 0.803. The lowest BCUT2D eigenvalue weighted by molar-refractivity contribution is 0.112. The monoisotopic (exact) mass is 182 g/mol. The molecule has 1 aromatic rings. The van der Waals surface area contributed by atoms with Crippen molar-refractivity contribution in [1.29, 1.82) is 0 Å². The highest BCUT2D eigenvalue weighted by molar-refractivity contribution is 5.93. The molecule has 1 rings (SSSR count). The number of nitrogens with zero attached hydrogens (tertiary/aromatic N) is 1. The molecule has 0 radical (unpaired) electrons. The van der Waals surface area contributed by atoms with Crippen LogP contribution in [-0.4, -0.2) is 29.1 Å². The molecule has 0 saturated carbocycles. The van der Waals surface area contributed by atoms with Crippen LogP contribution in [0, 0.1) is 0 Å². The second-order valence-electron chi connectivity index (χ2n) is 2.30. The minimum Gasteiger partial charge on any atom is -0.338 e. The van der Waals surface area contributed by atoms with E-state index in [0.717, 1.165) is 0 Å². The first-order valence-electron chi connectivity index (χ1n) is 3.81. The Hall–Kier alpha value is -1.85. The Morgan fingerprint density at radius 2 is 2.54 bits per heavy atom. The number of carbonyl (C=O) groups is 2. The zero-order valence-corrected chi connectivity index (χ0v) is 7.13. The molecule has 0 unspecified atom stereocenters. The van der Waals surface area contributed by atoms with E-state index in [2.05, 4.69) is 20.8 Å². The van der Waals surface area contributed by atoms with Gasteiger partial charge in [0.25, 0.3) is 0 Å². The lowest BCUT2D eigenvalue weighted by Gasteiger charge is -2.02. The quantitative estimate of drug-likeness (QED) is 0.590. The fourth-order valence-electron chi connectivity index (χ4n) is 0.803. The van der Waals surface area contributed by atoms with E-state index >= 15 is 0 Å². The van der Waals surface area contributed by atoms with E-state index in [1.165, 1.54) is 6.20 Å². The van der Waals surface area contributed by atoms with Crippen molar-refractivity contribution in [3.8, 4) is 0 Å². The molecule has 6 nitrogen and oxygen atoms in total. The molecule has 0 saturated heterocycles. The molecule has 0 aliphatic heterocycles. The molecule has 0 atom stereocenters. The van der Waals surface area contributed by atoms with Crippen LogP contribution in [-0.2, 0) is 0 Å². The fraction of sp³-hybridized carbons (Fsp3) is 0.286. The van der Waals surface area contributed by atoms with Crippen LogP contribution in [0.4, 0.5) is 10.6 Å². The van der Waals surface area contributed by atoms with Gasteiger partial charge in [0.15, 0.2) is 6.29 Å². The summed E-state index contributed by atoms with van der Waals surface area (Å²) < 4.78 is 0. The second kappa shape index (κ2) is 4.24. The number of aldehydes is 1. The van der Waals surface area contributed by atoms with E-state index in [1.807, 2.05) is 0 Å². The average molecular weight is 182 g/mol. The van der Waals surface area contributed by atoms with Crippen molar-refractivity contribution in [2.75, 3.05) is 11.9 Å². The predicted molar refractivity (Wildman–Crippen MR) is 46.7 cm³/mol. The average Bonchev–Trinajstić information content (AvgIpc) is 2.52. The lowest BCUT2D eigenvalue weighted by atomic mass is 10.4. The van der Waals surface area contributed by atoms with Crippen molar-refractivity contribution in [2.24, 2.45) is 0 Å². The first-order chi connectivity index (χ1) is 6.27. The summed E-state index contributed by atoms with van der Waals surface area (Å²) in [6.45, 7) is 2.32. The summed E-state index contributed by atoms with van der Waals surface area (Å²) in [7, 11) is 0. The van der Waals surface area contributed by atoms with Crippen molar-refractivity contribution in [3.63, 3.8) is 0 Å². The SMILES string of the molecule is CCNC(=O)Nc1[nH]ncc1C=O. The highest BCUT2D eigenvalue weighted by atomic mass is 16.2. The van der Waals surface area contributed by atoms with Crippen LogP contribution >= 0.6 is 0 Å². The van der Waals surface area contributed by atoms with Crippen LogP contribution in [0.3, 0.4) is 0 Å². The minimum absolute atomic E-state index is 0.306. The topological polar surface area (TPSA) is 86.9 Å². The van der Waals surface area contributed by atoms with Gasteiger partial charge in [-0.1, -0.05) is 0 Å². The Morgan fingerprint density at radius 1 is 1.77 bits per heavy atom. The smallest absolute Gasteiger partial charge is 0.320 e. The maximum atomic E-state index is 11.0. The largest absolute Gasteiger partial charge is 0.338 e. The molecule has 1 aromatic heterocycles. The number of urea groups is 1. The predicted octanol–water partition coefficient (Wildman–Crippen LogP) is 0.364. The molecule has 2 amide bonds. The Morgan fingerprint density at radius 3 is 3.15 bits per heavy atom. The van der Waals surface area contributed by atoms with Gasteiger partial charge in [-0.25, -0.2) is 4.79 Å². The van der Waals surface area contributed by atoms with Gasteiger partial charge in [0.2, 0.25) is 0 Å². The summed E-state index contributed by atoms with van der Waals surface area (Å²) in [4.78, 5) is 21.4. The van der Waals surface area contributed by atoms with Gasteiger partial charge in [-0.2, -0.15) is 5.10 Å². The van der Waals surface area contributed by atoms with E-state index in [9.17, 15) is 9.59 Å². The summed E-state index contributed by atoms with van der Waals surface area (Å²) in [5.74, 6) is 0.306. The summed E-state index contributed by atoms with van der Waals surface area (Å²) in [6, 6.07) is -0.366. The summed E-state index contributed by atoms with van der Waals surface area (Å²) in [6.07, 6.45) is 1.96. The third kappa shape index (κ3) is 2.29. The third-order valence-electron chi connectivity index (χ3n) is 1.37. The van der Waals surface area contributed by atoms with Gasteiger partial charge in [0.1, 0.15) is 5.82 Å². The van der Waals surface area contributed by atoms with Crippen LogP contribution in [0.2, 0.25) is 0 Å². The first-order valence-corrected chi connectivity index (χ1v) is 3.81. The number of anilines is 1. The number of hydrogen-bond acceptors (Lipinski definition) is 3. The maximum absolute atomic E-state index is 11.0. The Labute approximate surface area is 74.7 Å². The maximum Gasteiger partial charge on any atom is 0.320 e. The van der Waals surface area contributed by atoms with Crippen molar-refractivity contribution in [3.05, 3.63) is 11.8 Å². The number of amides is 2. The molecule has 0 bridgehead atoms. The highest BCUT2D eigenvalue weighted by Gasteiger charge is 2.06. The molecule has 0 spiro atoms. The summed E-state index contributed by atoms with van der Waals surface area (Å²) >= 11 is 0. The van der Waals surface area contributed by atoms with Crippen LogP contribution in [0.15, 0.2) is 6.20 Å². The Kier molecular flexibility index (Phi) is 3.02. The highest BCUT2D eigenvalue weighted by Crippen LogP contribution is 2.06. The lowest BCUT2D eigenvalue weighted by Crippen LogP contribution is -2.28. The van der Waals surface area contributed by atoms with Gasteiger partial charge < -0.3 is 5.32 Å². The number of rotatable bonds is 3. The number of aromatic nitrogens is 2. The van der Waals surface area contributed by atoms with Crippen LogP contribution < -0.4 is 10.6 Å². The Balaban J connectivity index is 2.62. The molecule has 0 aliphatic carbocycles. The number of carbonyl (C=O) groups excluding carboxylic acids is 2. The molecule has 3 N–H and O–H groups in total. The molecule has 1 heterocycles. The normalized spacial score (nSPS) is 9.31. The van der Waals surface area contributed by atoms with Gasteiger partial charge in [-0.05, 0) is 6.92 Å². The molecule has 0 aliphatic rings.